The Balaban J connectivity index is 1.84. The van der Waals surface area contributed by atoms with Crippen molar-refractivity contribution in [2.24, 2.45) is 0 Å². The fourth-order valence-corrected chi connectivity index (χ4v) is 3.98. The summed E-state index contributed by atoms with van der Waals surface area (Å²) in [5.41, 5.74) is 4.54. The van der Waals surface area contributed by atoms with E-state index in [0.29, 0.717) is 31.9 Å². The number of aromatic hydroxyl groups is 1. The van der Waals surface area contributed by atoms with E-state index in [1.807, 2.05) is 18.3 Å². The number of aldehydes is 1. The van der Waals surface area contributed by atoms with E-state index in [1.165, 1.54) is 0 Å². The molecular weight excluding hydrogens is 344 g/mol. The number of phenolic OH excluding ortho intramolecular Hbond substituents is 1. The maximum absolute atomic E-state index is 11.6. The lowest BCUT2D eigenvalue weighted by molar-refractivity contribution is 0.111. The fourth-order valence-electron chi connectivity index (χ4n) is 3.98. The summed E-state index contributed by atoms with van der Waals surface area (Å²) < 4.78 is 13.9. The van der Waals surface area contributed by atoms with E-state index < -0.39 is 0 Å². The molecule has 0 amide bonds. The van der Waals surface area contributed by atoms with Gasteiger partial charge >= 0.3 is 0 Å². The van der Waals surface area contributed by atoms with Crippen LogP contribution in [0, 0.1) is 0 Å². The van der Waals surface area contributed by atoms with Crippen molar-refractivity contribution in [1.29, 1.82) is 0 Å². The predicted octanol–water partition coefficient (Wildman–Crippen LogP) is 3.55. The first-order chi connectivity index (χ1) is 13.2. The van der Waals surface area contributed by atoms with E-state index >= 15 is 0 Å². The number of phenols is 1. The quantitative estimate of drug-likeness (QED) is 0.821. The van der Waals surface area contributed by atoms with Gasteiger partial charge in [0.2, 0.25) is 0 Å². The van der Waals surface area contributed by atoms with Gasteiger partial charge in [0.25, 0.3) is 0 Å². The molecule has 0 radical (unpaired) electrons. The highest BCUT2D eigenvalue weighted by Gasteiger charge is 2.24. The number of carbonyl (C=O) groups is 1. The molecule has 6 heteroatoms. The highest BCUT2D eigenvalue weighted by Crippen LogP contribution is 2.36. The number of fused-ring (bicyclic) bond motifs is 3. The first kappa shape index (κ1) is 17.8. The average Bonchev–Trinajstić information content (AvgIpc) is 3.16. The van der Waals surface area contributed by atoms with Crippen molar-refractivity contribution >= 4 is 11.9 Å². The third-order valence-corrected chi connectivity index (χ3v) is 5.53. The van der Waals surface area contributed by atoms with Crippen LogP contribution >= 0.6 is 0 Å². The minimum absolute atomic E-state index is 0.0419. The molecule has 3 heterocycles. The molecule has 1 unspecified atom stereocenters. The molecule has 1 aromatic heterocycles. The van der Waals surface area contributed by atoms with Crippen LogP contribution in [-0.4, -0.2) is 41.0 Å². The Kier molecular flexibility index (Phi) is 4.99. The molecule has 2 aliphatic rings. The molecule has 0 aliphatic carbocycles. The fraction of sp³-hybridized carbons (Fsp3) is 0.429. The van der Waals surface area contributed by atoms with Crippen molar-refractivity contribution in [3.8, 4) is 11.5 Å². The van der Waals surface area contributed by atoms with Gasteiger partial charge < -0.3 is 14.6 Å². The summed E-state index contributed by atoms with van der Waals surface area (Å²) >= 11 is 0. The number of hydrogen-bond donors (Lipinski definition) is 1. The third kappa shape index (κ3) is 3.25. The molecule has 1 atom stereocenters. The van der Waals surface area contributed by atoms with Gasteiger partial charge in [0.05, 0.1) is 30.5 Å². The van der Waals surface area contributed by atoms with E-state index in [2.05, 4.69) is 16.7 Å². The molecular formula is C21H24N2O4. The molecule has 142 valence electrons. The van der Waals surface area contributed by atoms with Gasteiger partial charge in [-0.2, -0.15) is 5.10 Å². The van der Waals surface area contributed by atoms with E-state index in [9.17, 15) is 9.90 Å². The van der Waals surface area contributed by atoms with Crippen molar-refractivity contribution < 1.29 is 19.4 Å². The van der Waals surface area contributed by atoms with Gasteiger partial charge in [0, 0.05) is 11.8 Å². The molecule has 1 aromatic carbocycles. The summed E-state index contributed by atoms with van der Waals surface area (Å²) in [6, 6.07) is 5.71. The summed E-state index contributed by atoms with van der Waals surface area (Å²) in [4.78, 5) is 11.6. The lowest BCUT2D eigenvalue weighted by Crippen LogP contribution is -2.19. The lowest BCUT2D eigenvalue weighted by Gasteiger charge is -2.24. The van der Waals surface area contributed by atoms with Gasteiger partial charge in [-0.25, -0.2) is 0 Å². The molecule has 1 N–H and O–H groups in total. The Bertz CT molecular complexity index is 884. The number of aryl methyl sites for hydroxylation is 1. The first-order valence-corrected chi connectivity index (χ1v) is 9.48. The van der Waals surface area contributed by atoms with Crippen LogP contribution < -0.4 is 4.74 Å². The van der Waals surface area contributed by atoms with Crippen LogP contribution in [0.25, 0.3) is 5.57 Å². The zero-order chi connectivity index (χ0) is 18.8. The lowest BCUT2D eigenvalue weighted by atomic mass is 9.99. The monoisotopic (exact) mass is 368 g/mol. The van der Waals surface area contributed by atoms with Crippen molar-refractivity contribution in [3.05, 3.63) is 46.8 Å². The smallest absolute Gasteiger partial charge is 0.157 e. The Morgan fingerprint density at radius 2 is 2.19 bits per heavy atom. The Morgan fingerprint density at radius 1 is 1.30 bits per heavy atom. The molecule has 4 rings (SSSR count). The average molecular weight is 368 g/mol. The zero-order valence-corrected chi connectivity index (χ0v) is 15.5. The van der Waals surface area contributed by atoms with Gasteiger partial charge in [0.15, 0.2) is 6.29 Å². The SMILES string of the molecule is CCC1CCc2ccc(O)c(C=O)c2OCC2=C(COCC2)c2ccnn21. The van der Waals surface area contributed by atoms with Crippen molar-refractivity contribution in [3.63, 3.8) is 0 Å². The van der Waals surface area contributed by atoms with Crippen molar-refractivity contribution in [1.82, 2.24) is 9.78 Å². The largest absolute Gasteiger partial charge is 0.507 e. The number of hydrogen-bond acceptors (Lipinski definition) is 5. The molecule has 2 aliphatic heterocycles. The van der Waals surface area contributed by atoms with Gasteiger partial charge in [-0.3, -0.25) is 9.48 Å². The second-order valence-corrected chi connectivity index (χ2v) is 7.04. The molecule has 0 spiro atoms. The number of rotatable bonds is 2. The zero-order valence-electron chi connectivity index (χ0n) is 15.5. The van der Waals surface area contributed by atoms with E-state index in [4.69, 9.17) is 9.47 Å². The molecule has 0 saturated carbocycles. The number of nitrogens with zero attached hydrogens (tertiary/aromatic N) is 2. The maximum Gasteiger partial charge on any atom is 0.157 e. The molecule has 0 bridgehead atoms. The Morgan fingerprint density at radius 3 is 3.00 bits per heavy atom. The van der Waals surface area contributed by atoms with Gasteiger partial charge in [-0.1, -0.05) is 13.0 Å². The summed E-state index contributed by atoms with van der Waals surface area (Å²) in [5, 5.41) is 14.7. The van der Waals surface area contributed by atoms with Crippen LogP contribution in [0.4, 0.5) is 0 Å². The second-order valence-electron chi connectivity index (χ2n) is 7.04. The normalized spacial score (nSPS) is 20.0. The Hall–Kier alpha value is -2.60. The highest BCUT2D eigenvalue weighted by molar-refractivity contribution is 5.84. The highest BCUT2D eigenvalue weighted by atomic mass is 16.5. The van der Waals surface area contributed by atoms with Crippen LogP contribution in [0.2, 0.25) is 0 Å². The van der Waals surface area contributed by atoms with Crippen LogP contribution in [0.1, 0.15) is 53.8 Å². The van der Waals surface area contributed by atoms with Crippen molar-refractivity contribution in [2.45, 2.75) is 38.6 Å². The molecule has 6 nitrogen and oxygen atoms in total. The summed E-state index contributed by atoms with van der Waals surface area (Å²) in [7, 11) is 0. The molecule has 0 saturated heterocycles. The molecule has 0 fully saturated rings. The van der Waals surface area contributed by atoms with E-state index in [0.717, 1.165) is 48.1 Å². The van der Waals surface area contributed by atoms with Gasteiger partial charge in [-0.15, -0.1) is 0 Å². The number of benzene rings is 1. The molecule has 2 aromatic rings. The maximum atomic E-state index is 11.6. The predicted molar refractivity (Wildman–Crippen MR) is 101 cm³/mol. The van der Waals surface area contributed by atoms with Crippen LogP contribution in [0.3, 0.4) is 0 Å². The van der Waals surface area contributed by atoms with Gasteiger partial charge in [-0.05, 0) is 49.0 Å². The van der Waals surface area contributed by atoms with Gasteiger partial charge in [0.1, 0.15) is 18.1 Å². The number of carbonyl (C=O) groups excluding carboxylic acids is 1. The topological polar surface area (TPSA) is 73.6 Å². The molecule has 27 heavy (non-hydrogen) atoms. The van der Waals surface area contributed by atoms with E-state index in [-0.39, 0.29) is 17.4 Å². The minimum Gasteiger partial charge on any atom is -0.507 e. The van der Waals surface area contributed by atoms with Crippen LogP contribution in [0.15, 0.2) is 30.0 Å². The minimum atomic E-state index is -0.0419. The van der Waals surface area contributed by atoms with Crippen LogP contribution in [-0.2, 0) is 11.2 Å². The summed E-state index contributed by atoms with van der Waals surface area (Å²) in [6.45, 7) is 3.72. The van der Waals surface area contributed by atoms with Crippen molar-refractivity contribution in [2.75, 3.05) is 19.8 Å². The Labute approximate surface area is 158 Å². The first-order valence-electron chi connectivity index (χ1n) is 9.48. The number of aromatic nitrogens is 2. The standard InChI is InChI=1S/C21H24N2O4/c1-2-16-5-3-14-4-6-20(25)17(11-24)21(14)27-12-15-8-10-26-13-18(15)19-7-9-22-23(16)19/h4,6-7,9,11,16,25H,2-3,5,8,10,12-13H2,1H3. The second kappa shape index (κ2) is 7.56. The summed E-state index contributed by atoms with van der Waals surface area (Å²) in [5.74, 6) is 0.456. The third-order valence-electron chi connectivity index (χ3n) is 5.53. The van der Waals surface area contributed by atoms with Crippen LogP contribution in [0.5, 0.6) is 11.5 Å². The number of ether oxygens (including phenoxy) is 2. The van der Waals surface area contributed by atoms with E-state index in [1.54, 1.807) is 6.07 Å². The summed E-state index contributed by atoms with van der Waals surface area (Å²) in [6.07, 6.45) is 5.87.